The number of carbonyl (C=O) groups is 1. The second-order valence-corrected chi connectivity index (χ2v) is 9.81. The van der Waals surface area contributed by atoms with Crippen molar-refractivity contribution < 1.29 is 14.6 Å². The highest BCUT2D eigenvalue weighted by atomic mass is 32.1. The van der Waals surface area contributed by atoms with Crippen LogP contribution in [-0.2, 0) is 17.6 Å². The lowest BCUT2D eigenvalue weighted by Gasteiger charge is -2.18. The molecule has 1 aliphatic rings. The number of azo groups is 1. The van der Waals surface area contributed by atoms with Crippen LogP contribution in [0.3, 0.4) is 0 Å². The van der Waals surface area contributed by atoms with E-state index >= 15 is 0 Å². The maximum atomic E-state index is 12.5. The Morgan fingerprint density at radius 3 is 2.80 bits per heavy atom. The maximum Gasteiger partial charge on any atom is 0.341 e. The molecule has 1 aliphatic carbocycles. The van der Waals surface area contributed by atoms with Crippen LogP contribution in [0.2, 0.25) is 0 Å². The first-order chi connectivity index (χ1) is 17.0. The predicted octanol–water partition coefficient (Wildman–Crippen LogP) is 7.68. The number of phenolic OH excluding ortho intramolecular Hbond substituents is 1. The van der Waals surface area contributed by atoms with Crippen LogP contribution in [0.4, 0.5) is 16.4 Å². The SMILES string of the molecule is COC(=O)c1c(/N=C/c2cc(N=Nc3cccc4ccccc34)ccc2O)sc2c1CCC(C)C2. The van der Waals surface area contributed by atoms with Gasteiger partial charge in [0.1, 0.15) is 10.8 Å². The van der Waals surface area contributed by atoms with Crippen LogP contribution in [-0.4, -0.2) is 24.4 Å². The molecule has 0 spiro atoms. The van der Waals surface area contributed by atoms with Gasteiger partial charge >= 0.3 is 5.97 Å². The summed E-state index contributed by atoms with van der Waals surface area (Å²) in [6, 6.07) is 18.9. The normalized spacial score (nSPS) is 15.7. The van der Waals surface area contributed by atoms with Crippen molar-refractivity contribution in [3.05, 3.63) is 82.2 Å². The van der Waals surface area contributed by atoms with E-state index in [1.807, 2.05) is 42.5 Å². The molecule has 1 N–H and O–H groups in total. The fourth-order valence-electron chi connectivity index (χ4n) is 4.38. The van der Waals surface area contributed by atoms with Crippen molar-refractivity contribution in [1.82, 2.24) is 0 Å². The summed E-state index contributed by atoms with van der Waals surface area (Å²) in [7, 11) is 1.39. The van der Waals surface area contributed by atoms with Gasteiger partial charge in [0.05, 0.1) is 24.0 Å². The van der Waals surface area contributed by atoms with Crippen LogP contribution < -0.4 is 0 Å². The lowest BCUT2D eigenvalue weighted by atomic mass is 9.88. The predicted molar refractivity (Wildman–Crippen MR) is 140 cm³/mol. The van der Waals surface area contributed by atoms with E-state index in [9.17, 15) is 9.90 Å². The minimum Gasteiger partial charge on any atom is -0.507 e. The molecule has 4 aromatic rings. The Kier molecular flexibility index (Phi) is 6.42. The van der Waals surface area contributed by atoms with Gasteiger partial charge in [0.15, 0.2) is 0 Å². The molecule has 3 aromatic carbocycles. The fourth-order valence-corrected chi connectivity index (χ4v) is 5.73. The van der Waals surface area contributed by atoms with E-state index in [-0.39, 0.29) is 11.7 Å². The van der Waals surface area contributed by atoms with Crippen LogP contribution in [0.25, 0.3) is 10.8 Å². The van der Waals surface area contributed by atoms with Crippen LogP contribution in [0, 0.1) is 5.92 Å². The number of thiophene rings is 1. The molecular formula is C28H25N3O3S. The molecule has 5 rings (SSSR count). The average Bonchev–Trinajstić information content (AvgIpc) is 3.24. The smallest absolute Gasteiger partial charge is 0.341 e. The van der Waals surface area contributed by atoms with E-state index in [1.165, 1.54) is 23.3 Å². The second-order valence-electron chi connectivity index (χ2n) is 8.72. The Hall–Kier alpha value is -3.84. The Bertz CT molecular complexity index is 1470. The summed E-state index contributed by atoms with van der Waals surface area (Å²) in [4.78, 5) is 18.3. The Morgan fingerprint density at radius 1 is 1.11 bits per heavy atom. The van der Waals surface area contributed by atoms with Crippen LogP contribution in [0.5, 0.6) is 5.75 Å². The number of rotatable bonds is 5. The van der Waals surface area contributed by atoms with Gasteiger partial charge in [-0.15, -0.1) is 16.5 Å². The monoisotopic (exact) mass is 483 g/mol. The largest absolute Gasteiger partial charge is 0.507 e. The summed E-state index contributed by atoms with van der Waals surface area (Å²) in [5.74, 6) is 0.287. The highest BCUT2D eigenvalue weighted by molar-refractivity contribution is 7.16. The molecule has 0 radical (unpaired) electrons. The molecule has 6 nitrogen and oxygen atoms in total. The summed E-state index contributed by atoms with van der Waals surface area (Å²) >= 11 is 1.52. The third-order valence-corrected chi connectivity index (χ3v) is 7.42. The quantitative estimate of drug-likeness (QED) is 0.179. The zero-order valence-electron chi connectivity index (χ0n) is 19.6. The van der Waals surface area contributed by atoms with E-state index in [0.717, 1.165) is 41.3 Å². The minimum absolute atomic E-state index is 0.0763. The number of esters is 1. The van der Waals surface area contributed by atoms with Crippen LogP contribution in [0.1, 0.15) is 39.7 Å². The Morgan fingerprint density at radius 2 is 1.94 bits per heavy atom. The molecule has 1 aromatic heterocycles. The highest BCUT2D eigenvalue weighted by Crippen LogP contribution is 2.41. The number of ether oxygens (including phenoxy) is 1. The minimum atomic E-state index is -0.369. The summed E-state index contributed by atoms with van der Waals surface area (Å²) in [5, 5.41) is 21.9. The number of phenols is 1. The van der Waals surface area contributed by atoms with Gasteiger partial charge in [-0.1, -0.05) is 43.3 Å². The van der Waals surface area contributed by atoms with E-state index in [0.29, 0.717) is 27.7 Å². The van der Waals surface area contributed by atoms with Gasteiger partial charge in [0, 0.05) is 22.0 Å². The van der Waals surface area contributed by atoms with E-state index in [4.69, 9.17) is 4.74 Å². The van der Waals surface area contributed by atoms with E-state index in [1.54, 1.807) is 24.4 Å². The highest BCUT2D eigenvalue weighted by Gasteiger charge is 2.27. The molecular weight excluding hydrogens is 458 g/mol. The zero-order valence-corrected chi connectivity index (χ0v) is 20.4. The molecule has 176 valence electrons. The Balaban J connectivity index is 1.46. The van der Waals surface area contributed by atoms with Crippen molar-refractivity contribution in [1.29, 1.82) is 0 Å². The summed E-state index contributed by atoms with van der Waals surface area (Å²) in [6.07, 6.45) is 4.40. The number of carbonyl (C=O) groups excluding carboxylic acids is 1. The molecule has 0 aliphatic heterocycles. The molecule has 0 saturated carbocycles. The van der Waals surface area contributed by atoms with Gasteiger partial charge in [-0.3, -0.25) is 0 Å². The number of hydrogen-bond donors (Lipinski definition) is 1. The number of fused-ring (bicyclic) bond motifs is 2. The molecule has 0 fully saturated rings. The first-order valence-corrected chi connectivity index (χ1v) is 12.3. The number of hydrogen-bond acceptors (Lipinski definition) is 7. The molecule has 0 saturated heterocycles. The molecule has 1 heterocycles. The van der Waals surface area contributed by atoms with Gasteiger partial charge in [-0.25, -0.2) is 9.79 Å². The second kappa shape index (κ2) is 9.80. The number of methoxy groups -OCH3 is 1. The molecule has 1 atom stereocenters. The van der Waals surface area contributed by atoms with Crippen molar-refractivity contribution in [2.24, 2.45) is 21.1 Å². The molecule has 7 heteroatoms. The average molecular weight is 484 g/mol. The first-order valence-electron chi connectivity index (χ1n) is 11.5. The molecule has 0 bridgehead atoms. The first kappa shape index (κ1) is 22.9. The van der Waals surface area contributed by atoms with Gasteiger partial charge < -0.3 is 9.84 Å². The van der Waals surface area contributed by atoms with E-state index in [2.05, 4.69) is 22.1 Å². The van der Waals surface area contributed by atoms with Crippen molar-refractivity contribution in [3.8, 4) is 5.75 Å². The summed E-state index contributed by atoms with van der Waals surface area (Å²) in [6.45, 7) is 2.22. The van der Waals surface area contributed by atoms with Crippen molar-refractivity contribution in [2.45, 2.75) is 26.2 Å². The standard InChI is InChI=1S/C28H25N3O3S/c1-17-10-12-22-25(14-17)35-27(26(22)28(33)34-2)29-16-19-15-20(11-13-24(19)32)30-31-23-9-5-7-18-6-3-4-8-21(18)23/h3-9,11,13,15-17,32H,10,12,14H2,1-2H3/b29-16+,31-30?. The summed E-state index contributed by atoms with van der Waals surface area (Å²) in [5.41, 5.74) is 3.45. The van der Waals surface area contributed by atoms with Gasteiger partial charge in [-0.05, 0) is 60.4 Å². The fraction of sp³-hybridized carbons (Fsp3) is 0.214. The zero-order chi connectivity index (χ0) is 24.4. The number of aliphatic imine (C=N–C) groups is 1. The van der Waals surface area contributed by atoms with Crippen molar-refractivity contribution >= 4 is 50.7 Å². The topological polar surface area (TPSA) is 83.6 Å². The maximum absolute atomic E-state index is 12.5. The van der Waals surface area contributed by atoms with Gasteiger partial charge in [-0.2, -0.15) is 5.11 Å². The van der Waals surface area contributed by atoms with Crippen molar-refractivity contribution in [2.75, 3.05) is 7.11 Å². The lowest BCUT2D eigenvalue weighted by Crippen LogP contribution is -2.12. The molecule has 1 unspecified atom stereocenters. The Labute approximate surface area is 207 Å². The van der Waals surface area contributed by atoms with E-state index < -0.39 is 0 Å². The van der Waals surface area contributed by atoms with Crippen LogP contribution >= 0.6 is 11.3 Å². The molecule has 0 amide bonds. The third-order valence-electron chi connectivity index (χ3n) is 6.25. The number of nitrogens with zero attached hydrogens (tertiary/aromatic N) is 3. The van der Waals surface area contributed by atoms with Gasteiger partial charge in [0.2, 0.25) is 0 Å². The van der Waals surface area contributed by atoms with Gasteiger partial charge in [0.25, 0.3) is 0 Å². The van der Waals surface area contributed by atoms with Crippen LogP contribution in [0.15, 0.2) is 75.9 Å². The number of benzene rings is 3. The molecule has 35 heavy (non-hydrogen) atoms. The number of aromatic hydroxyl groups is 1. The summed E-state index contributed by atoms with van der Waals surface area (Å²) < 4.78 is 5.04. The lowest BCUT2D eigenvalue weighted by molar-refractivity contribution is 0.0600. The van der Waals surface area contributed by atoms with Crippen molar-refractivity contribution in [3.63, 3.8) is 0 Å². The third kappa shape index (κ3) is 4.72.